The highest BCUT2D eigenvalue weighted by Gasteiger charge is 2.09. The number of nitrogens with one attached hydrogen (secondary N) is 1. The maximum atomic E-state index is 11.2. The monoisotopic (exact) mass is 191 g/mol. The van der Waals surface area contributed by atoms with Gasteiger partial charge in [0.15, 0.2) is 0 Å². The molecule has 2 aromatic rings. The largest absolute Gasteiger partial charge is 0.306 e. The van der Waals surface area contributed by atoms with Crippen LogP contribution < -0.4 is 5.48 Å². The molecule has 2 aromatic heterocycles. The highest BCUT2D eigenvalue weighted by Crippen LogP contribution is 2.10. The van der Waals surface area contributed by atoms with Gasteiger partial charge in [-0.05, 0) is 18.6 Å². The number of hydrogen-bond donors (Lipinski definition) is 2. The molecular weight excluding hydrogens is 182 g/mol. The fourth-order valence-corrected chi connectivity index (χ4v) is 1.36. The Kier molecular flexibility index (Phi) is 1.94. The number of carbonyl (C=O) groups excluding carboxylic acids is 1. The fraction of sp³-hybridized carbons (Fsp3) is 0.111. The van der Waals surface area contributed by atoms with Crippen molar-refractivity contribution in [3.63, 3.8) is 0 Å². The van der Waals surface area contributed by atoms with Gasteiger partial charge in [0.1, 0.15) is 5.65 Å². The Morgan fingerprint density at radius 1 is 1.64 bits per heavy atom. The van der Waals surface area contributed by atoms with Crippen molar-refractivity contribution in [3.05, 3.63) is 35.8 Å². The molecule has 2 rings (SSSR count). The summed E-state index contributed by atoms with van der Waals surface area (Å²) >= 11 is 0. The number of rotatable bonds is 1. The molecule has 0 radical (unpaired) electrons. The molecule has 0 unspecified atom stereocenters. The molecule has 5 heteroatoms. The number of pyridine rings is 1. The van der Waals surface area contributed by atoms with Crippen LogP contribution in [-0.2, 0) is 0 Å². The Morgan fingerprint density at radius 2 is 2.43 bits per heavy atom. The topological polar surface area (TPSA) is 66.6 Å². The Morgan fingerprint density at radius 3 is 3.14 bits per heavy atom. The molecular formula is C9H9N3O2. The minimum absolute atomic E-state index is 0.429. The molecule has 5 nitrogen and oxygen atoms in total. The first-order chi connectivity index (χ1) is 6.72. The van der Waals surface area contributed by atoms with E-state index in [-0.39, 0.29) is 0 Å². The minimum Gasteiger partial charge on any atom is -0.306 e. The predicted molar refractivity (Wildman–Crippen MR) is 49.2 cm³/mol. The molecule has 0 fully saturated rings. The van der Waals surface area contributed by atoms with Crippen LogP contribution in [0.3, 0.4) is 0 Å². The van der Waals surface area contributed by atoms with Gasteiger partial charge < -0.3 is 4.40 Å². The van der Waals surface area contributed by atoms with E-state index in [9.17, 15) is 4.79 Å². The summed E-state index contributed by atoms with van der Waals surface area (Å²) in [5, 5.41) is 8.51. The molecule has 0 atom stereocenters. The van der Waals surface area contributed by atoms with Crippen LogP contribution in [0, 0.1) is 6.92 Å². The summed E-state index contributed by atoms with van der Waals surface area (Å²) < 4.78 is 1.72. The molecule has 2 heterocycles. The summed E-state index contributed by atoms with van der Waals surface area (Å²) in [7, 11) is 0. The Labute approximate surface area is 80.0 Å². The van der Waals surface area contributed by atoms with Gasteiger partial charge in [-0.2, -0.15) is 0 Å². The van der Waals surface area contributed by atoms with E-state index < -0.39 is 5.91 Å². The van der Waals surface area contributed by atoms with Gasteiger partial charge in [0.05, 0.1) is 5.56 Å². The van der Waals surface area contributed by atoms with Crippen LogP contribution in [0.4, 0.5) is 0 Å². The first kappa shape index (κ1) is 8.71. The summed E-state index contributed by atoms with van der Waals surface area (Å²) in [5.41, 5.74) is 3.58. The molecule has 0 saturated carbocycles. The number of fused-ring (bicyclic) bond motifs is 1. The van der Waals surface area contributed by atoms with Crippen molar-refractivity contribution < 1.29 is 10.0 Å². The van der Waals surface area contributed by atoms with Gasteiger partial charge >= 0.3 is 0 Å². The third-order valence-electron chi connectivity index (χ3n) is 2.08. The second-order valence-corrected chi connectivity index (χ2v) is 3.00. The zero-order valence-electron chi connectivity index (χ0n) is 7.56. The van der Waals surface area contributed by atoms with Crippen molar-refractivity contribution >= 4 is 11.6 Å². The number of hydroxylamine groups is 1. The standard InChI is InChI=1S/C9H9N3O2/c1-6-4-8-10-2-3-12(8)5-7(6)9(13)11-14/h2-5,14H,1H3,(H,11,13). The van der Waals surface area contributed by atoms with Gasteiger partial charge in [-0.25, -0.2) is 10.5 Å². The molecule has 0 aliphatic heterocycles. The normalized spacial score (nSPS) is 10.4. The van der Waals surface area contributed by atoms with Crippen LogP contribution in [0.25, 0.3) is 5.65 Å². The molecule has 0 aliphatic rings. The van der Waals surface area contributed by atoms with Crippen LogP contribution >= 0.6 is 0 Å². The predicted octanol–water partition coefficient (Wildman–Crippen LogP) is 0.762. The van der Waals surface area contributed by atoms with E-state index in [1.807, 2.05) is 0 Å². The van der Waals surface area contributed by atoms with E-state index in [0.29, 0.717) is 5.56 Å². The number of imidazole rings is 1. The smallest absolute Gasteiger partial charge is 0.276 e. The Balaban J connectivity index is 2.64. The van der Waals surface area contributed by atoms with Crippen molar-refractivity contribution in [3.8, 4) is 0 Å². The average Bonchev–Trinajstić information content (AvgIpc) is 2.62. The van der Waals surface area contributed by atoms with Crippen LogP contribution in [0.2, 0.25) is 0 Å². The first-order valence-electron chi connectivity index (χ1n) is 4.10. The van der Waals surface area contributed by atoms with E-state index >= 15 is 0 Å². The van der Waals surface area contributed by atoms with Crippen LogP contribution in [-0.4, -0.2) is 20.5 Å². The summed E-state index contributed by atoms with van der Waals surface area (Å²) in [5.74, 6) is -0.516. The van der Waals surface area contributed by atoms with Gasteiger partial charge in [0.25, 0.3) is 5.91 Å². The third-order valence-corrected chi connectivity index (χ3v) is 2.08. The zero-order valence-corrected chi connectivity index (χ0v) is 7.56. The first-order valence-corrected chi connectivity index (χ1v) is 4.10. The second-order valence-electron chi connectivity index (χ2n) is 3.00. The molecule has 0 bridgehead atoms. The molecule has 0 saturated heterocycles. The average molecular weight is 191 g/mol. The molecule has 1 amide bonds. The van der Waals surface area contributed by atoms with Crippen LogP contribution in [0.5, 0.6) is 0 Å². The molecule has 0 aromatic carbocycles. The van der Waals surface area contributed by atoms with Gasteiger partial charge in [0, 0.05) is 18.6 Å². The Hall–Kier alpha value is -1.88. The lowest BCUT2D eigenvalue weighted by Gasteiger charge is -2.04. The van der Waals surface area contributed by atoms with Crippen molar-refractivity contribution in [2.45, 2.75) is 6.92 Å². The molecule has 14 heavy (non-hydrogen) atoms. The number of hydrogen-bond acceptors (Lipinski definition) is 3. The summed E-state index contributed by atoms with van der Waals surface area (Å²) in [6.07, 6.45) is 5.02. The number of nitrogens with zero attached hydrogens (tertiary/aromatic N) is 2. The number of amides is 1. The van der Waals surface area contributed by atoms with E-state index in [2.05, 4.69) is 4.98 Å². The maximum Gasteiger partial charge on any atom is 0.276 e. The van der Waals surface area contributed by atoms with Gasteiger partial charge in [-0.15, -0.1) is 0 Å². The van der Waals surface area contributed by atoms with Crippen molar-refractivity contribution in [2.24, 2.45) is 0 Å². The molecule has 0 spiro atoms. The van der Waals surface area contributed by atoms with E-state index in [0.717, 1.165) is 11.2 Å². The van der Waals surface area contributed by atoms with Gasteiger partial charge in [0.2, 0.25) is 0 Å². The van der Waals surface area contributed by atoms with E-state index in [1.165, 1.54) is 0 Å². The minimum atomic E-state index is -0.516. The van der Waals surface area contributed by atoms with Crippen LogP contribution in [0.15, 0.2) is 24.7 Å². The lowest BCUT2D eigenvalue weighted by Crippen LogP contribution is -2.20. The Bertz CT molecular complexity index is 490. The van der Waals surface area contributed by atoms with E-state index in [1.54, 1.807) is 41.5 Å². The summed E-state index contributed by atoms with van der Waals surface area (Å²) in [6, 6.07) is 1.78. The van der Waals surface area contributed by atoms with Crippen molar-refractivity contribution in [1.29, 1.82) is 0 Å². The quantitative estimate of drug-likeness (QED) is 0.516. The lowest BCUT2D eigenvalue weighted by molar-refractivity contribution is 0.0705. The molecule has 2 N–H and O–H groups in total. The third kappa shape index (κ3) is 1.23. The lowest BCUT2D eigenvalue weighted by atomic mass is 10.1. The molecule has 72 valence electrons. The van der Waals surface area contributed by atoms with Crippen molar-refractivity contribution in [1.82, 2.24) is 14.9 Å². The van der Waals surface area contributed by atoms with Gasteiger partial charge in [-0.3, -0.25) is 10.0 Å². The second kappa shape index (κ2) is 3.12. The highest BCUT2D eigenvalue weighted by molar-refractivity contribution is 5.94. The summed E-state index contributed by atoms with van der Waals surface area (Å²) in [4.78, 5) is 15.3. The zero-order chi connectivity index (χ0) is 10.1. The SMILES string of the molecule is Cc1cc2nccn2cc1C(=O)NO. The number of aromatic nitrogens is 2. The van der Waals surface area contributed by atoms with E-state index in [4.69, 9.17) is 5.21 Å². The molecule has 0 aliphatic carbocycles. The fourth-order valence-electron chi connectivity index (χ4n) is 1.36. The highest BCUT2D eigenvalue weighted by atomic mass is 16.5. The number of carbonyl (C=O) groups is 1. The van der Waals surface area contributed by atoms with Gasteiger partial charge in [-0.1, -0.05) is 0 Å². The number of aryl methyl sites for hydroxylation is 1. The van der Waals surface area contributed by atoms with Crippen molar-refractivity contribution in [2.75, 3.05) is 0 Å². The van der Waals surface area contributed by atoms with Crippen LogP contribution in [0.1, 0.15) is 15.9 Å². The summed E-state index contributed by atoms with van der Waals surface area (Å²) in [6.45, 7) is 1.79. The maximum absolute atomic E-state index is 11.2.